The van der Waals surface area contributed by atoms with Crippen molar-refractivity contribution in [2.45, 2.75) is 84.0 Å². The number of hydrogen-bond acceptors (Lipinski definition) is 2. The van der Waals surface area contributed by atoms with Gasteiger partial charge in [-0.25, -0.2) is 0 Å². The van der Waals surface area contributed by atoms with Crippen LogP contribution in [0.1, 0.15) is 84.0 Å². The van der Waals surface area contributed by atoms with Gasteiger partial charge < -0.3 is 9.90 Å². The first-order valence-electron chi connectivity index (χ1n) is 12.5. The van der Waals surface area contributed by atoms with E-state index in [1.165, 1.54) is 45.7 Å². The number of allylic oxidation sites excluding steroid dienone is 4. The lowest BCUT2D eigenvalue weighted by Gasteiger charge is -2.01. The summed E-state index contributed by atoms with van der Waals surface area (Å²) in [6.07, 6.45) is 21.9. The Morgan fingerprint density at radius 2 is 1.18 bits per heavy atom. The number of carbonyl (C=O) groups is 1. The second-order valence-electron chi connectivity index (χ2n) is 8.04. The molecule has 0 radical (unpaired) electrons. The van der Waals surface area contributed by atoms with E-state index in [2.05, 4.69) is 91.9 Å². The maximum Gasteiger partial charge on any atom is 0.357 e. The lowest BCUT2D eigenvalue weighted by atomic mass is 10.1. The van der Waals surface area contributed by atoms with Gasteiger partial charge in [-0.1, -0.05) is 99.7 Å². The summed E-state index contributed by atoms with van der Waals surface area (Å²) in [4.78, 5) is 10.2. The minimum atomic E-state index is -0.921. The van der Waals surface area contributed by atoms with Crippen molar-refractivity contribution in [1.82, 2.24) is 0 Å². The van der Waals surface area contributed by atoms with Crippen molar-refractivity contribution in [3.63, 3.8) is 0 Å². The third-order valence-electron chi connectivity index (χ3n) is 5.02. The normalized spacial score (nSPS) is 10.9. The van der Waals surface area contributed by atoms with Crippen molar-refractivity contribution < 1.29 is 31.1 Å². The first-order valence-corrected chi connectivity index (χ1v) is 14.6. The summed E-state index contributed by atoms with van der Waals surface area (Å²) in [5, 5.41) is 10.2. The summed E-state index contributed by atoms with van der Waals surface area (Å²) >= 11 is 0.0287. The molecular formula is C30H41IO2. The second kappa shape index (κ2) is 21.9. The third-order valence-corrected chi connectivity index (χ3v) is 7.70. The lowest BCUT2D eigenvalue weighted by molar-refractivity contribution is -0.597. The number of benzene rings is 2. The maximum atomic E-state index is 10.2. The summed E-state index contributed by atoms with van der Waals surface area (Å²) in [6.45, 7) is 2.23. The molecule has 2 rings (SSSR count). The van der Waals surface area contributed by atoms with E-state index in [4.69, 9.17) is 0 Å². The fourth-order valence-electron chi connectivity index (χ4n) is 3.16. The van der Waals surface area contributed by atoms with Gasteiger partial charge in [-0.15, -0.1) is 0 Å². The standard InChI is InChI=1S/C18H32O2.C12H10I/c1-2-3-4-5-6-7-8-9-10-11-12-13-14-15-16-17-18(19)20;1-3-7-11(8-4-1)13-12-9-5-2-6-10-12/h6-7,9-10H,2-5,8,11-17H2,1H3,(H,19,20);1-10H/q;+1/p-1/b7-6-,10-9-;. The van der Waals surface area contributed by atoms with Gasteiger partial charge in [-0.05, 0) is 69.2 Å². The van der Waals surface area contributed by atoms with Gasteiger partial charge in [0, 0.05) is 5.97 Å². The summed E-state index contributed by atoms with van der Waals surface area (Å²) in [6, 6.07) is 21.4. The molecule has 2 aromatic carbocycles. The Balaban J connectivity index is 0.000000357. The lowest BCUT2D eigenvalue weighted by Crippen LogP contribution is -3.61. The van der Waals surface area contributed by atoms with Crippen LogP contribution in [0.3, 0.4) is 0 Å². The van der Waals surface area contributed by atoms with Crippen LogP contribution in [0, 0.1) is 7.14 Å². The number of rotatable bonds is 16. The quantitative estimate of drug-likeness (QED) is 0.174. The maximum absolute atomic E-state index is 10.2. The van der Waals surface area contributed by atoms with Crippen LogP contribution < -0.4 is 26.3 Å². The molecule has 0 fully saturated rings. The van der Waals surface area contributed by atoms with Crippen LogP contribution in [0.25, 0.3) is 0 Å². The van der Waals surface area contributed by atoms with Crippen LogP contribution in [0.5, 0.6) is 0 Å². The number of carboxylic acids is 1. The van der Waals surface area contributed by atoms with Gasteiger partial charge in [0.05, 0.1) is 0 Å². The highest BCUT2D eigenvalue weighted by Crippen LogP contribution is 2.07. The molecule has 0 heterocycles. The average Bonchev–Trinajstić information content (AvgIpc) is 2.83. The Morgan fingerprint density at radius 1 is 0.697 bits per heavy atom. The second-order valence-corrected chi connectivity index (χ2v) is 11.1. The Bertz CT molecular complexity index is 716. The molecule has 0 unspecified atom stereocenters. The zero-order valence-corrected chi connectivity index (χ0v) is 22.4. The minimum absolute atomic E-state index is 0.0287. The molecule has 0 saturated carbocycles. The molecule has 0 saturated heterocycles. The first kappa shape index (κ1) is 29.2. The summed E-state index contributed by atoms with van der Waals surface area (Å²) in [7, 11) is 0. The molecule has 2 nitrogen and oxygen atoms in total. The first-order chi connectivity index (χ1) is 16.2. The molecule has 0 atom stereocenters. The minimum Gasteiger partial charge on any atom is -0.550 e. The number of carbonyl (C=O) groups excluding carboxylic acids is 1. The van der Waals surface area contributed by atoms with Gasteiger partial charge in [0.2, 0.25) is 0 Å². The summed E-state index contributed by atoms with van der Waals surface area (Å²) < 4.78 is 2.96. The number of carboxylic acid groups (broad SMARTS) is 1. The largest absolute Gasteiger partial charge is 0.550 e. The fourth-order valence-corrected chi connectivity index (χ4v) is 5.43. The van der Waals surface area contributed by atoms with Crippen LogP contribution in [0.15, 0.2) is 85.0 Å². The molecule has 0 spiro atoms. The van der Waals surface area contributed by atoms with Gasteiger partial charge in [-0.2, -0.15) is 0 Å². The van der Waals surface area contributed by atoms with Crippen LogP contribution in [0.2, 0.25) is 0 Å². The molecule has 0 bridgehead atoms. The highest BCUT2D eigenvalue weighted by Gasteiger charge is 2.12. The van der Waals surface area contributed by atoms with Crippen LogP contribution in [0.4, 0.5) is 0 Å². The Hall–Kier alpha value is -1.88. The number of aliphatic carboxylic acids is 1. The third kappa shape index (κ3) is 19.3. The van der Waals surface area contributed by atoms with E-state index in [1.807, 2.05) is 0 Å². The van der Waals surface area contributed by atoms with Gasteiger partial charge in [-0.3, -0.25) is 0 Å². The van der Waals surface area contributed by atoms with Gasteiger partial charge >= 0.3 is 21.2 Å². The Morgan fingerprint density at radius 3 is 1.70 bits per heavy atom. The van der Waals surface area contributed by atoms with Crippen LogP contribution in [-0.4, -0.2) is 5.97 Å². The topological polar surface area (TPSA) is 40.1 Å². The predicted molar refractivity (Wildman–Crippen MR) is 135 cm³/mol. The van der Waals surface area contributed by atoms with Crippen molar-refractivity contribution in [2.75, 3.05) is 0 Å². The van der Waals surface area contributed by atoms with Gasteiger partial charge in [0.25, 0.3) is 0 Å². The predicted octanol–water partition coefficient (Wildman–Crippen LogP) is 4.36. The molecule has 180 valence electrons. The zero-order chi connectivity index (χ0) is 23.8. The van der Waals surface area contributed by atoms with E-state index in [0.717, 1.165) is 32.1 Å². The SMILES string of the molecule is CCCCC/C=C\C/C=C\CCCCCCCC(=O)[O-].c1ccc([I+]c2ccccc2)cc1. The summed E-state index contributed by atoms with van der Waals surface area (Å²) in [5.74, 6) is -0.921. The van der Waals surface area contributed by atoms with E-state index in [-0.39, 0.29) is 27.6 Å². The highest BCUT2D eigenvalue weighted by atomic mass is 127. The zero-order valence-electron chi connectivity index (χ0n) is 20.3. The number of unbranched alkanes of at least 4 members (excludes halogenated alkanes) is 8. The number of halogens is 1. The molecule has 2 aromatic rings. The molecule has 0 aliphatic heterocycles. The Labute approximate surface area is 212 Å². The van der Waals surface area contributed by atoms with Crippen molar-refractivity contribution in [3.8, 4) is 0 Å². The van der Waals surface area contributed by atoms with E-state index < -0.39 is 5.97 Å². The molecule has 0 aromatic heterocycles. The van der Waals surface area contributed by atoms with E-state index in [1.54, 1.807) is 0 Å². The Kier molecular flexibility index (Phi) is 19.4. The number of hydrogen-bond donors (Lipinski definition) is 0. The summed E-state index contributed by atoms with van der Waals surface area (Å²) in [5.41, 5.74) is 0. The molecule has 0 aliphatic rings. The average molecular weight is 561 g/mol. The van der Waals surface area contributed by atoms with Crippen LogP contribution in [-0.2, 0) is 4.79 Å². The van der Waals surface area contributed by atoms with E-state index in [9.17, 15) is 9.90 Å². The molecule has 0 N–H and O–H groups in total. The van der Waals surface area contributed by atoms with E-state index >= 15 is 0 Å². The van der Waals surface area contributed by atoms with Crippen molar-refractivity contribution in [1.29, 1.82) is 0 Å². The molecular weight excluding hydrogens is 519 g/mol. The van der Waals surface area contributed by atoms with Crippen LogP contribution >= 0.6 is 0 Å². The highest BCUT2D eigenvalue weighted by molar-refractivity contribution is 5.64. The fraction of sp³-hybridized carbons (Fsp3) is 0.433. The van der Waals surface area contributed by atoms with E-state index in [0.29, 0.717) is 0 Å². The smallest absolute Gasteiger partial charge is 0.357 e. The molecule has 3 heteroatoms. The molecule has 0 amide bonds. The van der Waals surface area contributed by atoms with Gasteiger partial charge in [0.1, 0.15) is 0 Å². The van der Waals surface area contributed by atoms with Crippen molar-refractivity contribution in [3.05, 3.63) is 92.1 Å². The monoisotopic (exact) mass is 560 g/mol. The van der Waals surface area contributed by atoms with Crippen molar-refractivity contribution >= 4 is 5.97 Å². The molecule has 0 aliphatic carbocycles. The van der Waals surface area contributed by atoms with Gasteiger partial charge in [0.15, 0.2) is 7.14 Å². The van der Waals surface area contributed by atoms with Crippen molar-refractivity contribution in [2.24, 2.45) is 0 Å². The molecule has 33 heavy (non-hydrogen) atoms.